The Morgan fingerprint density at radius 2 is 1.94 bits per heavy atom. The van der Waals surface area contributed by atoms with Gasteiger partial charge >= 0.3 is 0 Å². The average Bonchev–Trinajstić information content (AvgIpc) is 2.42. The molecule has 0 amide bonds. The number of rotatable bonds is 10. The molecular formula is C14H25N3O. The van der Waals surface area contributed by atoms with E-state index in [1.165, 1.54) is 19.3 Å². The number of anilines is 1. The summed E-state index contributed by atoms with van der Waals surface area (Å²) in [4.78, 5) is 8.61. The van der Waals surface area contributed by atoms with Gasteiger partial charge in [-0.3, -0.25) is 4.98 Å². The fourth-order valence-electron chi connectivity index (χ4n) is 1.58. The quantitative estimate of drug-likeness (QED) is 0.647. The Morgan fingerprint density at radius 3 is 2.61 bits per heavy atom. The Morgan fingerprint density at radius 1 is 1.06 bits per heavy atom. The molecule has 1 heterocycles. The molecule has 1 aromatic heterocycles. The molecule has 18 heavy (non-hydrogen) atoms. The van der Waals surface area contributed by atoms with Crippen LogP contribution in [-0.2, 0) is 11.3 Å². The van der Waals surface area contributed by atoms with Crippen LogP contribution in [0.4, 0.5) is 5.82 Å². The molecule has 1 rings (SSSR count). The second kappa shape index (κ2) is 9.83. The Labute approximate surface area is 110 Å². The van der Waals surface area contributed by atoms with Gasteiger partial charge in [-0.15, -0.1) is 0 Å². The van der Waals surface area contributed by atoms with Crippen molar-refractivity contribution >= 4 is 5.82 Å². The van der Waals surface area contributed by atoms with Crippen molar-refractivity contribution < 1.29 is 4.74 Å². The number of nitrogens with zero attached hydrogens (tertiary/aromatic N) is 2. The summed E-state index contributed by atoms with van der Waals surface area (Å²) in [5, 5.41) is 3.20. The number of unbranched alkanes of at least 4 members (excludes halogenated alkanes) is 3. The largest absolute Gasteiger partial charge is 0.375 e. The first kappa shape index (κ1) is 14.9. The fraction of sp³-hybridized carbons (Fsp3) is 0.714. The topological polar surface area (TPSA) is 47.0 Å². The van der Waals surface area contributed by atoms with Crippen molar-refractivity contribution in [3.63, 3.8) is 0 Å². The van der Waals surface area contributed by atoms with E-state index in [-0.39, 0.29) is 0 Å². The molecule has 0 spiro atoms. The molecule has 0 aliphatic carbocycles. The number of hydrogen-bond donors (Lipinski definition) is 1. The summed E-state index contributed by atoms with van der Waals surface area (Å²) in [6.07, 6.45) is 9.58. The lowest BCUT2D eigenvalue weighted by atomic mass is 10.2. The van der Waals surface area contributed by atoms with Crippen molar-refractivity contribution in [1.82, 2.24) is 9.97 Å². The minimum absolute atomic E-state index is 0.563. The predicted octanol–water partition coefficient (Wildman–Crippen LogP) is 3.40. The third kappa shape index (κ3) is 6.55. The number of nitrogens with one attached hydrogen (secondary N) is 1. The monoisotopic (exact) mass is 251 g/mol. The zero-order chi connectivity index (χ0) is 13.1. The van der Waals surface area contributed by atoms with Crippen molar-refractivity contribution in [2.24, 2.45) is 0 Å². The van der Waals surface area contributed by atoms with E-state index in [1.807, 2.05) is 0 Å². The second-order valence-corrected chi connectivity index (χ2v) is 4.43. The first-order valence-electron chi connectivity index (χ1n) is 6.99. The van der Waals surface area contributed by atoms with Crippen LogP contribution in [0.2, 0.25) is 0 Å². The molecule has 0 aliphatic rings. The lowest BCUT2D eigenvalue weighted by Crippen LogP contribution is -2.04. The lowest BCUT2D eigenvalue weighted by molar-refractivity contribution is 0.114. The normalized spacial score (nSPS) is 10.6. The van der Waals surface area contributed by atoms with Gasteiger partial charge < -0.3 is 10.1 Å². The van der Waals surface area contributed by atoms with Crippen molar-refractivity contribution in [3.8, 4) is 0 Å². The van der Waals surface area contributed by atoms with Gasteiger partial charge in [-0.05, 0) is 12.8 Å². The van der Waals surface area contributed by atoms with E-state index >= 15 is 0 Å². The van der Waals surface area contributed by atoms with Crippen LogP contribution in [0.25, 0.3) is 0 Å². The Hall–Kier alpha value is -1.16. The first-order valence-corrected chi connectivity index (χ1v) is 6.99. The first-order chi connectivity index (χ1) is 8.86. The Balaban J connectivity index is 2.14. The minimum Gasteiger partial charge on any atom is -0.375 e. The van der Waals surface area contributed by atoms with Crippen molar-refractivity contribution in [2.45, 2.75) is 52.6 Å². The van der Waals surface area contributed by atoms with Crippen molar-refractivity contribution in [3.05, 3.63) is 18.1 Å². The van der Waals surface area contributed by atoms with Gasteiger partial charge in [0.1, 0.15) is 5.82 Å². The summed E-state index contributed by atoms with van der Waals surface area (Å²) < 4.78 is 5.56. The number of hydrogen-bond acceptors (Lipinski definition) is 4. The number of ether oxygens (including phenoxy) is 1. The molecule has 102 valence electrons. The van der Waals surface area contributed by atoms with Crippen LogP contribution in [-0.4, -0.2) is 23.1 Å². The van der Waals surface area contributed by atoms with E-state index in [4.69, 9.17) is 4.74 Å². The summed E-state index contributed by atoms with van der Waals surface area (Å²) in [5.74, 6) is 0.837. The molecule has 0 atom stereocenters. The maximum Gasteiger partial charge on any atom is 0.144 e. The molecule has 0 unspecified atom stereocenters. The maximum atomic E-state index is 5.56. The standard InChI is InChI=1S/C14H25N3O/c1-3-5-6-7-9-18-12-13-10-17-14(11-16-13)15-8-4-2/h10-11H,3-9,12H2,1-2H3,(H,15,17). The van der Waals surface area contributed by atoms with Crippen LogP contribution in [0, 0.1) is 0 Å². The van der Waals surface area contributed by atoms with Crippen molar-refractivity contribution in [1.29, 1.82) is 0 Å². The smallest absolute Gasteiger partial charge is 0.144 e. The van der Waals surface area contributed by atoms with Gasteiger partial charge in [-0.2, -0.15) is 0 Å². The maximum absolute atomic E-state index is 5.56. The van der Waals surface area contributed by atoms with E-state index in [9.17, 15) is 0 Å². The SMILES string of the molecule is CCCCCCOCc1cnc(NCCC)cn1. The summed E-state index contributed by atoms with van der Waals surface area (Å²) in [7, 11) is 0. The highest BCUT2D eigenvalue weighted by Crippen LogP contribution is 2.04. The highest BCUT2D eigenvalue weighted by atomic mass is 16.5. The fourth-order valence-corrected chi connectivity index (χ4v) is 1.58. The molecule has 0 aliphatic heterocycles. The molecule has 1 aromatic rings. The van der Waals surface area contributed by atoms with Gasteiger partial charge in [0.05, 0.1) is 24.7 Å². The van der Waals surface area contributed by atoms with Crippen LogP contribution >= 0.6 is 0 Å². The van der Waals surface area contributed by atoms with E-state index in [0.717, 1.165) is 37.5 Å². The van der Waals surface area contributed by atoms with Gasteiger partial charge in [0.15, 0.2) is 0 Å². The molecule has 0 fully saturated rings. The minimum atomic E-state index is 0.563. The van der Waals surface area contributed by atoms with Gasteiger partial charge in [-0.25, -0.2) is 4.98 Å². The molecule has 0 saturated carbocycles. The van der Waals surface area contributed by atoms with Crippen LogP contribution in [0.1, 0.15) is 51.6 Å². The molecule has 0 aromatic carbocycles. The van der Waals surface area contributed by atoms with Crippen LogP contribution in [0.15, 0.2) is 12.4 Å². The average molecular weight is 251 g/mol. The molecule has 4 nitrogen and oxygen atoms in total. The Kier molecular flexibility index (Phi) is 8.13. The highest BCUT2D eigenvalue weighted by molar-refractivity contribution is 5.30. The van der Waals surface area contributed by atoms with Gasteiger partial charge in [0, 0.05) is 13.2 Å². The third-order valence-corrected chi connectivity index (χ3v) is 2.65. The third-order valence-electron chi connectivity index (χ3n) is 2.65. The lowest BCUT2D eigenvalue weighted by Gasteiger charge is -2.05. The molecule has 0 radical (unpaired) electrons. The van der Waals surface area contributed by atoms with E-state index in [1.54, 1.807) is 12.4 Å². The van der Waals surface area contributed by atoms with E-state index < -0.39 is 0 Å². The predicted molar refractivity (Wildman–Crippen MR) is 74.6 cm³/mol. The van der Waals surface area contributed by atoms with Crippen LogP contribution < -0.4 is 5.32 Å². The molecule has 0 saturated heterocycles. The molecule has 0 bridgehead atoms. The zero-order valence-electron chi connectivity index (χ0n) is 11.6. The van der Waals surface area contributed by atoms with Crippen molar-refractivity contribution in [2.75, 3.05) is 18.5 Å². The van der Waals surface area contributed by atoms with E-state index in [2.05, 4.69) is 29.1 Å². The van der Waals surface area contributed by atoms with Crippen LogP contribution in [0.5, 0.6) is 0 Å². The van der Waals surface area contributed by atoms with Gasteiger partial charge in [-0.1, -0.05) is 33.1 Å². The summed E-state index contributed by atoms with van der Waals surface area (Å²) >= 11 is 0. The summed E-state index contributed by atoms with van der Waals surface area (Å²) in [5.41, 5.74) is 0.896. The number of aromatic nitrogens is 2. The second-order valence-electron chi connectivity index (χ2n) is 4.43. The van der Waals surface area contributed by atoms with Crippen LogP contribution in [0.3, 0.4) is 0 Å². The van der Waals surface area contributed by atoms with E-state index in [0.29, 0.717) is 6.61 Å². The van der Waals surface area contributed by atoms with Gasteiger partial charge in [0.25, 0.3) is 0 Å². The summed E-state index contributed by atoms with van der Waals surface area (Å²) in [6.45, 7) is 6.65. The Bertz CT molecular complexity index is 300. The zero-order valence-corrected chi connectivity index (χ0v) is 11.6. The molecule has 4 heteroatoms. The molecular weight excluding hydrogens is 226 g/mol. The van der Waals surface area contributed by atoms with Gasteiger partial charge in [0.2, 0.25) is 0 Å². The summed E-state index contributed by atoms with van der Waals surface area (Å²) in [6, 6.07) is 0. The highest BCUT2D eigenvalue weighted by Gasteiger charge is 1.97. The molecule has 1 N–H and O–H groups in total.